The van der Waals surface area contributed by atoms with E-state index in [1.165, 1.54) is 23.1 Å². The first-order valence-electron chi connectivity index (χ1n) is 5.22. The molecule has 0 unspecified atom stereocenters. The van der Waals surface area contributed by atoms with Gasteiger partial charge in [0.1, 0.15) is 5.01 Å². The molecular weight excluding hydrogens is 370 g/mol. The van der Waals surface area contributed by atoms with E-state index in [9.17, 15) is 4.79 Å². The molecule has 0 radical (unpaired) electrons. The Kier molecular flexibility index (Phi) is 5.20. The smallest absolute Gasteiger partial charge is 0.234 e. The van der Waals surface area contributed by atoms with Crippen molar-refractivity contribution in [3.8, 4) is 0 Å². The van der Waals surface area contributed by atoms with Crippen LogP contribution in [-0.2, 0) is 4.79 Å². The summed E-state index contributed by atoms with van der Waals surface area (Å²) in [4.78, 5) is 11.8. The molecule has 0 fully saturated rings. The largest absolute Gasteiger partial charge is 0.325 e. The molecule has 1 N–H and O–H groups in total. The normalized spacial score (nSPS) is 10.5. The third-order valence-corrected chi connectivity index (χ3v) is 5.24. The van der Waals surface area contributed by atoms with Gasteiger partial charge in [-0.2, -0.15) is 0 Å². The fourth-order valence-corrected chi connectivity index (χ4v) is 3.28. The Bertz CT molecular complexity index is 605. The summed E-state index contributed by atoms with van der Waals surface area (Å²) in [6, 6.07) is 5.27. The highest BCUT2D eigenvalue weighted by molar-refractivity contribution is 9.10. The lowest BCUT2D eigenvalue weighted by Crippen LogP contribution is -2.13. The lowest BCUT2D eigenvalue weighted by atomic mass is 10.3. The highest BCUT2D eigenvalue weighted by Crippen LogP contribution is 2.26. The molecule has 1 amide bonds. The Balaban J connectivity index is 1.88. The summed E-state index contributed by atoms with van der Waals surface area (Å²) < 4.78 is 1.59. The predicted molar refractivity (Wildman–Crippen MR) is 83.2 cm³/mol. The topological polar surface area (TPSA) is 54.9 Å². The van der Waals surface area contributed by atoms with Crippen LogP contribution >= 0.6 is 50.6 Å². The SMILES string of the molecule is Cc1nnc(SCC(=O)Nc2ccc(Br)c(Cl)c2)s1. The molecule has 0 bridgehead atoms. The minimum atomic E-state index is -0.101. The van der Waals surface area contributed by atoms with Crippen molar-refractivity contribution in [1.29, 1.82) is 0 Å². The van der Waals surface area contributed by atoms with Gasteiger partial charge in [0, 0.05) is 10.2 Å². The minimum Gasteiger partial charge on any atom is -0.325 e. The van der Waals surface area contributed by atoms with Gasteiger partial charge in [0.2, 0.25) is 5.91 Å². The van der Waals surface area contributed by atoms with Crippen LogP contribution in [-0.4, -0.2) is 21.9 Å². The molecule has 19 heavy (non-hydrogen) atoms. The van der Waals surface area contributed by atoms with Crippen LogP contribution in [0.2, 0.25) is 5.02 Å². The number of nitrogens with one attached hydrogen (secondary N) is 1. The number of hydrogen-bond donors (Lipinski definition) is 1. The number of rotatable bonds is 4. The second-order valence-electron chi connectivity index (χ2n) is 3.55. The first-order chi connectivity index (χ1) is 9.04. The Morgan fingerprint density at radius 2 is 2.32 bits per heavy atom. The van der Waals surface area contributed by atoms with E-state index in [-0.39, 0.29) is 5.91 Å². The van der Waals surface area contributed by atoms with Gasteiger partial charge in [-0.25, -0.2) is 0 Å². The maximum absolute atomic E-state index is 11.8. The molecule has 2 rings (SSSR count). The lowest BCUT2D eigenvalue weighted by Gasteiger charge is -2.05. The summed E-state index contributed by atoms with van der Waals surface area (Å²) in [5.74, 6) is 0.193. The number of thioether (sulfide) groups is 1. The van der Waals surface area contributed by atoms with E-state index in [4.69, 9.17) is 11.6 Å². The molecule has 8 heteroatoms. The van der Waals surface area contributed by atoms with Gasteiger partial charge in [-0.15, -0.1) is 10.2 Å². The van der Waals surface area contributed by atoms with Crippen molar-refractivity contribution in [1.82, 2.24) is 10.2 Å². The number of halogens is 2. The fraction of sp³-hybridized carbons (Fsp3) is 0.182. The first-order valence-corrected chi connectivity index (χ1v) is 8.19. The monoisotopic (exact) mass is 377 g/mol. The minimum absolute atomic E-state index is 0.101. The number of aromatic nitrogens is 2. The van der Waals surface area contributed by atoms with Crippen LogP contribution < -0.4 is 5.32 Å². The molecule has 0 spiro atoms. The van der Waals surface area contributed by atoms with E-state index in [0.717, 1.165) is 13.8 Å². The van der Waals surface area contributed by atoms with Crippen LogP contribution in [0.5, 0.6) is 0 Å². The molecule has 0 aliphatic rings. The van der Waals surface area contributed by atoms with Crippen LogP contribution in [0.15, 0.2) is 27.0 Å². The zero-order valence-corrected chi connectivity index (χ0v) is 13.8. The van der Waals surface area contributed by atoms with Crippen LogP contribution in [0.25, 0.3) is 0 Å². The van der Waals surface area contributed by atoms with Crippen LogP contribution in [0.3, 0.4) is 0 Å². The molecule has 0 saturated heterocycles. The van der Waals surface area contributed by atoms with Crippen LogP contribution in [0.4, 0.5) is 5.69 Å². The van der Waals surface area contributed by atoms with Gasteiger partial charge >= 0.3 is 0 Å². The molecule has 4 nitrogen and oxygen atoms in total. The third kappa shape index (κ3) is 4.45. The summed E-state index contributed by atoms with van der Waals surface area (Å²) in [7, 11) is 0. The van der Waals surface area contributed by atoms with Crippen molar-refractivity contribution < 1.29 is 4.79 Å². The van der Waals surface area contributed by atoms with E-state index in [0.29, 0.717) is 16.5 Å². The number of anilines is 1. The van der Waals surface area contributed by atoms with Gasteiger partial charge in [-0.05, 0) is 41.1 Å². The van der Waals surface area contributed by atoms with E-state index >= 15 is 0 Å². The van der Waals surface area contributed by atoms with E-state index in [1.807, 2.05) is 6.92 Å². The quantitative estimate of drug-likeness (QED) is 0.817. The Morgan fingerprint density at radius 3 is 2.95 bits per heavy atom. The number of nitrogens with zero attached hydrogens (tertiary/aromatic N) is 2. The maximum atomic E-state index is 11.8. The van der Waals surface area contributed by atoms with Crippen molar-refractivity contribution in [2.75, 3.05) is 11.1 Å². The summed E-state index contributed by atoms with van der Waals surface area (Å²) in [6.45, 7) is 1.88. The van der Waals surface area contributed by atoms with Gasteiger partial charge in [-0.3, -0.25) is 4.79 Å². The molecule has 0 atom stereocenters. The summed E-state index contributed by atoms with van der Waals surface area (Å²) in [5.41, 5.74) is 0.673. The van der Waals surface area contributed by atoms with Crippen molar-refractivity contribution in [2.45, 2.75) is 11.3 Å². The molecule has 0 aliphatic heterocycles. The van der Waals surface area contributed by atoms with Crippen molar-refractivity contribution in [3.05, 3.63) is 32.7 Å². The van der Waals surface area contributed by atoms with Crippen molar-refractivity contribution >= 4 is 62.2 Å². The first kappa shape index (κ1) is 14.8. The predicted octanol–water partition coefficient (Wildman–Crippen LogP) is 3.99. The number of hydrogen-bond acceptors (Lipinski definition) is 5. The average molecular weight is 379 g/mol. The lowest BCUT2D eigenvalue weighted by molar-refractivity contribution is -0.113. The molecule has 1 heterocycles. The maximum Gasteiger partial charge on any atom is 0.234 e. The van der Waals surface area contributed by atoms with Gasteiger partial charge < -0.3 is 5.32 Å². The van der Waals surface area contributed by atoms with Crippen LogP contribution in [0.1, 0.15) is 5.01 Å². The van der Waals surface area contributed by atoms with Crippen molar-refractivity contribution in [2.24, 2.45) is 0 Å². The Hall–Kier alpha value is -0.630. The zero-order chi connectivity index (χ0) is 13.8. The van der Waals surface area contributed by atoms with E-state index in [1.54, 1.807) is 18.2 Å². The standard InChI is InChI=1S/C11H9BrClN3OS2/c1-6-15-16-11(19-6)18-5-10(17)14-7-2-3-8(12)9(13)4-7/h2-4H,5H2,1H3,(H,14,17). The van der Waals surface area contributed by atoms with Crippen molar-refractivity contribution in [3.63, 3.8) is 0 Å². The average Bonchev–Trinajstić information content (AvgIpc) is 2.77. The third-order valence-electron chi connectivity index (χ3n) is 2.04. The number of carbonyl (C=O) groups is 1. The number of amides is 1. The van der Waals surface area contributed by atoms with Crippen LogP contribution in [0, 0.1) is 6.92 Å². The zero-order valence-electron chi connectivity index (χ0n) is 9.81. The van der Waals surface area contributed by atoms with E-state index in [2.05, 4.69) is 31.4 Å². The number of carbonyl (C=O) groups excluding carboxylic acids is 1. The van der Waals surface area contributed by atoms with Gasteiger partial charge in [-0.1, -0.05) is 34.7 Å². The van der Waals surface area contributed by atoms with E-state index < -0.39 is 0 Å². The van der Waals surface area contributed by atoms with Gasteiger partial charge in [0.15, 0.2) is 4.34 Å². The molecular formula is C11H9BrClN3OS2. The van der Waals surface area contributed by atoms with Gasteiger partial charge in [0.25, 0.3) is 0 Å². The second kappa shape index (κ2) is 6.69. The number of benzene rings is 1. The molecule has 1 aromatic carbocycles. The Morgan fingerprint density at radius 1 is 1.53 bits per heavy atom. The van der Waals surface area contributed by atoms with Gasteiger partial charge in [0.05, 0.1) is 10.8 Å². The molecule has 100 valence electrons. The molecule has 2 aromatic rings. The summed E-state index contributed by atoms with van der Waals surface area (Å²) in [6.07, 6.45) is 0. The Labute approximate surface area is 132 Å². The molecule has 1 aromatic heterocycles. The molecule has 0 saturated carbocycles. The highest BCUT2D eigenvalue weighted by atomic mass is 79.9. The summed E-state index contributed by atoms with van der Waals surface area (Å²) in [5, 5.41) is 12.1. The molecule has 0 aliphatic carbocycles. The fourth-order valence-electron chi connectivity index (χ4n) is 1.23. The summed E-state index contributed by atoms with van der Waals surface area (Å²) >= 11 is 12.1. The number of aryl methyl sites for hydroxylation is 1. The highest BCUT2D eigenvalue weighted by Gasteiger charge is 2.07. The second-order valence-corrected chi connectivity index (χ2v) is 7.22.